The molecule has 1 aliphatic heterocycles. The van der Waals surface area contributed by atoms with Gasteiger partial charge in [-0.3, -0.25) is 9.59 Å². The average Bonchev–Trinajstić information content (AvgIpc) is 2.28. The molecule has 1 fully saturated rings. The predicted molar refractivity (Wildman–Crippen MR) is 63.1 cm³/mol. The minimum atomic E-state index is -1.02. The molecule has 0 bridgehead atoms. The molecule has 0 amide bonds. The number of carbonyl (C=O) groups excluding carboxylic acids is 2. The molecule has 0 N–H and O–H groups in total. The van der Waals surface area contributed by atoms with E-state index in [0.29, 0.717) is 6.42 Å². The highest BCUT2D eigenvalue weighted by atomic mass is 16.7. The Labute approximate surface area is 103 Å². The van der Waals surface area contributed by atoms with E-state index in [4.69, 9.17) is 9.47 Å². The molecule has 17 heavy (non-hydrogen) atoms. The van der Waals surface area contributed by atoms with Crippen LogP contribution in [-0.4, -0.2) is 17.7 Å². The van der Waals surface area contributed by atoms with Crippen LogP contribution >= 0.6 is 0 Å². The van der Waals surface area contributed by atoms with Crippen LogP contribution < -0.4 is 0 Å². The zero-order valence-electron chi connectivity index (χ0n) is 11.0. The second-order valence-electron chi connectivity index (χ2n) is 4.54. The van der Waals surface area contributed by atoms with Crippen molar-refractivity contribution >= 4 is 11.9 Å². The Hall–Kier alpha value is -1.06. The zero-order valence-corrected chi connectivity index (χ0v) is 11.0. The largest absolute Gasteiger partial charge is 0.422 e. The van der Waals surface area contributed by atoms with E-state index in [-0.39, 0.29) is 12.3 Å². The summed E-state index contributed by atoms with van der Waals surface area (Å²) in [5, 5.41) is 0. The van der Waals surface area contributed by atoms with Crippen LogP contribution in [0.2, 0.25) is 0 Å². The highest BCUT2D eigenvalue weighted by molar-refractivity contribution is 5.93. The fourth-order valence-corrected chi connectivity index (χ4v) is 2.38. The van der Waals surface area contributed by atoms with E-state index in [9.17, 15) is 9.59 Å². The SMILES string of the molecule is CCCCC(CC)C1(CC)OC(=O)CC(=O)O1. The van der Waals surface area contributed by atoms with Crippen molar-refractivity contribution in [1.29, 1.82) is 0 Å². The van der Waals surface area contributed by atoms with Crippen LogP contribution in [0.15, 0.2) is 0 Å². The fraction of sp³-hybridized carbons (Fsp3) is 0.846. The number of ether oxygens (including phenoxy) is 2. The number of rotatable bonds is 6. The van der Waals surface area contributed by atoms with E-state index in [0.717, 1.165) is 25.7 Å². The first-order valence-corrected chi connectivity index (χ1v) is 6.51. The van der Waals surface area contributed by atoms with Crippen molar-refractivity contribution in [2.45, 2.75) is 65.1 Å². The summed E-state index contributed by atoms with van der Waals surface area (Å²) in [5.74, 6) is -1.84. The van der Waals surface area contributed by atoms with Crippen LogP contribution in [0.4, 0.5) is 0 Å². The summed E-state index contributed by atoms with van der Waals surface area (Å²) >= 11 is 0. The molecule has 0 saturated carbocycles. The van der Waals surface area contributed by atoms with Gasteiger partial charge in [-0.2, -0.15) is 0 Å². The van der Waals surface area contributed by atoms with Gasteiger partial charge < -0.3 is 9.47 Å². The zero-order chi connectivity index (χ0) is 12.9. The Kier molecular flexibility index (Phi) is 4.97. The standard InChI is InChI=1S/C13H22O4/c1-4-7-8-10(5-2)13(6-3)16-11(14)9-12(15)17-13/h10H,4-9H2,1-3H3. The topological polar surface area (TPSA) is 52.6 Å². The molecule has 98 valence electrons. The number of hydrogen-bond donors (Lipinski definition) is 0. The molecule has 1 heterocycles. The van der Waals surface area contributed by atoms with Crippen LogP contribution in [0.5, 0.6) is 0 Å². The molecular formula is C13H22O4. The molecule has 4 heteroatoms. The summed E-state index contributed by atoms with van der Waals surface area (Å²) in [6.45, 7) is 6.04. The molecule has 1 saturated heterocycles. The number of hydrogen-bond acceptors (Lipinski definition) is 4. The summed E-state index contributed by atoms with van der Waals surface area (Å²) in [7, 11) is 0. The van der Waals surface area contributed by atoms with Gasteiger partial charge in [-0.05, 0) is 12.8 Å². The average molecular weight is 242 g/mol. The Balaban J connectivity index is 2.83. The summed E-state index contributed by atoms with van der Waals surface area (Å²) in [6, 6.07) is 0. The monoisotopic (exact) mass is 242 g/mol. The highest BCUT2D eigenvalue weighted by Gasteiger charge is 2.47. The molecule has 0 aliphatic carbocycles. The molecule has 1 aliphatic rings. The van der Waals surface area contributed by atoms with E-state index in [2.05, 4.69) is 6.92 Å². The number of cyclic esters (lactones) is 2. The van der Waals surface area contributed by atoms with Gasteiger partial charge in [0, 0.05) is 12.3 Å². The number of carbonyl (C=O) groups is 2. The third-order valence-corrected chi connectivity index (χ3v) is 3.38. The maximum absolute atomic E-state index is 11.4. The lowest BCUT2D eigenvalue weighted by molar-refractivity contribution is -0.265. The van der Waals surface area contributed by atoms with Crippen molar-refractivity contribution in [3.8, 4) is 0 Å². The van der Waals surface area contributed by atoms with Crippen LogP contribution in [0.3, 0.4) is 0 Å². The lowest BCUT2D eigenvalue weighted by Gasteiger charge is -2.40. The first kappa shape index (κ1) is 14.0. The molecule has 0 aromatic rings. The third kappa shape index (κ3) is 3.20. The minimum Gasteiger partial charge on any atom is -0.422 e. The predicted octanol–water partition coefficient (Wildman–Crippen LogP) is 2.80. The van der Waals surface area contributed by atoms with Gasteiger partial charge >= 0.3 is 11.9 Å². The van der Waals surface area contributed by atoms with Gasteiger partial charge in [-0.15, -0.1) is 0 Å². The van der Waals surface area contributed by atoms with Crippen molar-refractivity contribution in [2.24, 2.45) is 5.92 Å². The Morgan fingerprint density at radius 2 is 1.76 bits per heavy atom. The van der Waals surface area contributed by atoms with Gasteiger partial charge in [0.2, 0.25) is 0 Å². The summed E-state index contributed by atoms with van der Waals surface area (Å²) < 4.78 is 10.7. The molecule has 1 rings (SSSR count). The van der Waals surface area contributed by atoms with Gasteiger partial charge in [0.05, 0.1) is 0 Å². The van der Waals surface area contributed by atoms with E-state index >= 15 is 0 Å². The molecule has 1 atom stereocenters. The van der Waals surface area contributed by atoms with E-state index in [1.54, 1.807) is 0 Å². The molecule has 0 radical (unpaired) electrons. The molecule has 4 nitrogen and oxygen atoms in total. The quantitative estimate of drug-likeness (QED) is 0.531. The number of esters is 2. The number of unbranched alkanes of at least 4 members (excludes halogenated alkanes) is 1. The van der Waals surface area contributed by atoms with Gasteiger partial charge in [-0.1, -0.05) is 33.6 Å². The van der Waals surface area contributed by atoms with Crippen molar-refractivity contribution < 1.29 is 19.1 Å². The molecular weight excluding hydrogens is 220 g/mol. The van der Waals surface area contributed by atoms with Gasteiger partial charge in [0.1, 0.15) is 6.42 Å². The Bertz CT molecular complexity index is 269. The van der Waals surface area contributed by atoms with E-state index in [1.165, 1.54) is 0 Å². The van der Waals surface area contributed by atoms with Crippen LogP contribution in [-0.2, 0) is 19.1 Å². The van der Waals surface area contributed by atoms with Crippen LogP contribution in [0, 0.1) is 5.92 Å². The first-order valence-electron chi connectivity index (χ1n) is 6.51. The fourth-order valence-electron chi connectivity index (χ4n) is 2.38. The molecule has 0 aromatic carbocycles. The van der Waals surface area contributed by atoms with Gasteiger partial charge in [0.25, 0.3) is 5.79 Å². The maximum Gasteiger partial charge on any atom is 0.320 e. The van der Waals surface area contributed by atoms with Crippen LogP contribution in [0.25, 0.3) is 0 Å². The molecule has 0 spiro atoms. The van der Waals surface area contributed by atoms with Crippen molar-refractivity contribution in [2.75, 3.05) is 0 Å². The van der Waals surface area contributed by atoms with Crippen molar-refractivity contribution in [1.82, 2.24) is 0 Å². The summed E-state index contributed by atoms with van der Waals surface area (Å²) in [4.78, 5) is 22.8. The van der Waals surface area contributed by atoms with E-state index in [1.807, 2.05) is 13.8 Å². The normalized spacial score (nSPS) is 20.6. The Morgan fingerprint density at radius 1 is 1.18 bits per heavy atom. The first-order chi connectivity index (χ1) is 8.07. The lowest BCUT2D eigenvalue weighted by Crippen LogP contribution is -2.50. The smallest absolute Gasteiger partial charge is 0.320 e. The molecule has 0 aromatic heterocycles. The van der Waals surface area contributed by atoms with Gasteiger partial charge in [0.15, 0.2) is 0 Å². The minimum absolute atomic E-state index is 0.0978. The second kappa shape index (κ2) is 6.03. The lowest BCUT2D eigenvalue weighted by atomic mass is 9.88. The summed E-state index contributed by atoms with van der Waals surface area (Å²) in [5.41, 5.74) is 0. The molecule has 1 unspecified atom stereocenters. The van der Waals surface area contributed by atoms with E-state index < -0.39 is 17.7 Å². The second-order valence-corrected chi connectivity index (χ2v) is 4.54. The van der Waals surface area contributed by atoms with Crippen molar-refractivity contribution in [3.05, 3.63) is 0 Å². The van der Waals surface area contributed by atoms with Crippen molar-refractivity contribution in [3.63, 3.8) is 0 Å². The van der Waals surface area contributed by atoms with Crippen LogP contribution in [0.1, 0.15) is 59.3 Å². The third-order valence-electron chi connectivity index (χ3n) is 3.38. The Morgan fingerprint density at radius 3 is 2.18 bits per heavy atom. The van der Waals surface area contributed by atoms with Gasteiger partial charge in [-0.25, -0.2) is 0 Å². The highest BCUT2D eigenvalue weighted by Crippen LogP contribution is 2.36. The summed E-state index contributed by atoms with van der Waals surface area (Å²) in [6.07, 6.45) is 4.15. The maximum atomic E-state index is 11.4.